The van der Waals surface area contributed by atoms with Gasteiger partial charge < -0.3 is 106 Å². The van der Waals surface area contributed by atoms with Crippen molar-refractivity contribution in [2.24, 2.45) is 5.73 Å². The summed E-state index contributed by atoms with van der Waals surface area (Å²) in [5, 5.41) is 115. The molecule has 89 heavy (non-hydrogen) atoms. The van der Waals surface area contributed by atoms with E-state index in [1.165, 1.54) is 24.3 Å². The van der Waals surface area contributed by atoms with E-state index >= 15 is 0 Å². The van der Waals surface area contributed by atoms with Crippen LogP contribution in [0.3, 0.4) is 0 Å². The van der Waals surface area contributed by atoms with Gasteiger partial charge in [0.25, 0.3) is 16.3 Å². The zero-order chi connectivity index (χ0) is 64.5. The molecule has 34 heteroatoms. The molecule has 3 saturated heterocycles. The van der Waals surface area contributed by atoms with Crippen LogP contribution in [0.1, 0.15) is 80.8 Å². The fraction of sp³-hybridized carbons (Fsp3) is 0.473. The molecule has 478 valence electrons. The topological polar surface area (TPSA) is 513 Å². The molecule has 3 aromatic carbocycles. The number of carbonyl (C=O) groups excluding carboxylic acids is 8. The number of carbonyl (C=O) groups is 8. The van der Waals surface area contributed by atoms with Crippen molar-refractivity contribution in [2.45, 2.75) is 144 Å². The molecule has 3 aliphatic rings. The van der Waals surface area contributed by atoms with Gasteiger partial charge in [-0.1, -0.05) is 43.1 Å². The maximum absolute atomic E-state index is 14.5. The van der Waals surface area contributed by atoms with Crippen molar-refractivity contribution in [3.8, 4) is 39.8 Å². The third-order valence-corrected chi connectivity index (χ3v) is 15.2. The molecule has 4 aromatic rings. The number of aromatic hydroxyl groups is 1. The summed E-state index contributed by atoms with van der Waals surface area (Å²) >= 11 is 0. The Morgan fingerprint density at radius 1 is 0.798 bits per heavy atom. The number of nitrogens with zero attached hydrogens (tertiary/aromatic N) is 3. The molecule has 14 atom stereocenters. The van der Waals surface area contributed by atoms with Crippen molar-refractivity contribution in [1.82, 2.24) is 41.5 Å². The monoisotopic (exact) mass is 1280 g/mol. The molecule has 0 bridgehead atoms. The number of ether oxygens (including phenoxy) is 1. The van der Waals surface area contributed by atoms with E-state index in [4.69, 9.17) is 15.0 Å². The molecule has 1 aromatic heterocycles. The summed E-state index contributed by atoms with van der Waals surface area (Å²) in [6.07, 6.45) is -17.7. The van der Waals surface area contributed by atoms with E-state index < -0.39 is 199 Å². The molecular formula is C55H68N9NaO23S. The second-order valence-corrected chi connectivity index (χ2v) is 22.3. The standard InChI is InChI=1S/C55H69N9O23S.Na/c1-3-4-5-18-85-31-13-10-27(11-14-31)39-22-32(62-86-39)26-6-8-28(9-7-26)48(74)57-33-21-38(70)51(77)61-53(79)45-36(68)16-17-63(45)55(81)43(37(69)23-41(56)71)59-52(78)44(47(73)46(72)29-12-15-35(67)40(19-29)87-88(82,83)84)60-50(76)34-20-30(66)24-64(34)54(80)42(25(2)65)58-49(33)75;/h6-15,19,22,25,30,33-34,36-38,42-47,51,65-70,72-73,77H,3-5,16-18,20-21,23-24H2,1-2H3,(H2,56,71)(H,57,74)(H,58,75)(H,59,78)(H,60,76)(H,61,79)(H,82,83,84);/q;+1/p-1/t25?,30-,33+,34+,36+,37?,38-,42+,43+,44+,45+,46?,47?,51-;/m1./s1. The summed E-state index contributed by atoms with van der Waals surface area (Å²) in [4.78, 5) is 114. The van der Waals surface area contributed by atoms with Crippen LogP contribution < -0.4 is 70.8 Å². The number of amides is 8. The Morgan fingerprint density at radius 3 is 2.08 bits per heavy atom. The molecule has 8 amide bonds. The second kappa shape index (κ2) is 30.9. The molecule has 0 saturated carbocycles. The number of hydrogen-bond acceptors (Lipinski definition) is 24. The second-order valence-electron chi connectivity index (χ2n) is 21.3. The van der Waals surface area contributed by atoms with E-state index in [0.717, 1.165) is 32.3 Å². The van der Waals surface area contributed by atoms with Gasteiger partial charge in [0.15, 0.2) is 23.5 Å². The molecule has 0 spiro atoms. The van der Waals surface area contributed by atoms with Gasteiger partial charge in [-0.15, -0.1) is 0 Å². The van der Waals surface area contributed by atoms with Crippen molar-refractivity contribution in [2.75, 3.05) is 19.7 Å². The first-order valence-electron chi connectivity index (χ1n) is 27.7. The summed E-state index contributed by atoms with van der Waals surface area (Å²) in [6, 6.07) is 3.42. The Morgan fingerprint density at radius 2 is 1.44 bits per heavy atom. The fourth-order valence-electron chi connectivity index (χ4n) is 10.1. The predicted octanol–water partition coefficient (Wildman–Crippen LogP) is -7.49. The van der Waals surface area contributed by atoms with Gasteiger partial charge in [0, 0.05) is 48.7 Å². The Labute approximate surface area is 529 Å². The smallest absolute Gasteiger partial charge is 0.716 e. The number of aromatic nitrogens is 1. The van der Waals surface area contributed by atoms with E-state index in [9.17, 15) is 97.3 Å². The molecule has 32 nitrogen and oxygen atoms in total. The number of phenols is 1. The summed E-state index contributed by atoms with van der Waals surface area (Å²) < 4.78 is 49.9. The number of rotatable bonds is 18. The molecule has 3 fully saturated rings. The molecule has 3 aliphatic heterocycles. The van der Waals surface area contributed by atoms with Crippen molar-refractivity contribution in [3.63, 3.8) is 0 Å². The molecule has 4 unspecified atom stereocenters. The van der Waals surface area contributed by atoms with Crippen molar-refractivity contribution >= 4 is 57.7 Å². The van der Waals surface area contributed by atoms with E-state index in [-0.39, 0.29) is 35.1 Å². The number of nitrogens with one attached hydrogen (secondary N) is 5. The normalized spacial score (nSPS) is 25.5. The van der Waals surface area contributed by atoms with Crippen molar-refractivity contribution in [1.29, 1.82) is 0 Å². The van der Waals surface area contributed by atoms with Gasteiger partial charge in [-0.05, 0) is 73.9 Å². The molecule has 0 radical (unpaired) electrons. The van der Waals surface area contributed by atoms with Gasteiger partial charge in [-0.2, -0.15) is 0 Å². The van der Waals surface area contributed by atoms with E-state index in [1.54, 1.807) is 30.3 Å². The van der Waals surface area contributed by atoms with Crippen LogP contribution in [0.5, 0.6) is 17.2 Å². The first-order valence-corrected chi connectivity index (χ1v) is 29.0. The maximum atomic E-state index is 14.5. The number of primary amides is 1. The van der Waals surface area contributed by atoms with E-state index in [2.05, 4.69) is 32.2 Å². The van der Waals surface area contributed by atoms with Crippen LogP contribution in [0.25, 0.3) is 22.6 Å². The molecule has 16 N–H and O–H groups in total. The number of benzene rings is 3. The van der Waals surface area contributed by atoms with Crippen LogP contribution in [0.2, 0.25) is 0 Å². The number of hydrogen-bond donors (Lipinski definition) is 15. The maximum Gasteiger partial charge on any atom is 1.00 e. The van der Waals surface area contributed by atoms with Gasteiger partial charge in [0.05, 0.1) is 37.4 Å². The summed E-state index contributed by atoms with van der Waals surface area (Å²) in [5.74, 6) is -12.0. The van der Waals surface area contributed by atoms with Gasteiger partial charge >= 0.3 is 29.6 Å². The molecule has 4 heterocycles. The summed E-state index contributed by atoms with van der Waals surface area (Å²) in [7, 11) is -5.60. The number of nitrogens with two attached hydrogens (primary N) is 1. The fourth-order valence-corrected chi connectivity index (χ4v) is 10.5. The minimum Gasteiger partial charge on any atom is -0.716 e. The number of fused-ring (bicyclic) bond motifs is 2. The number of unbranched alkanes of at least 4 members (excludes halogenated alkanes) is 2. The van der Waals surface area contributed by atoms with Crippen molar-refractivity contribution in [3.05, 3.63) is 83.9 Å². The number of aliphatic hydroxyl groups is 8. The Balaban J connectivity index is 0.0000126. The van der Waals surface area contributed by atoms with Crippen LogP contribution in [-0.2, 0) is 44.0 Å². The zero-order valence-electron chi connectivity index (χ0n) is 48.1. The number of phenolic OH excluding ortho intramolecular Hbond substituents is 1. The average Bonchev–Trinajstić information content (AvgIpc) is 2.50. The third kappa shape index (κ3) is 17.9. The summed E-state index contributed by atoms with van der Waals surface area (Å²) in [5.41, 5.74) is 6.11. The quantitative estimate of drug-likeness (QED) is 0.0190. The van der Waals surface area contributed by atoms with Crippen LogP contribution in [0, 0.1) is 0 Å². The largest absolute Gasteiger partial charge is 1.00 e. The number of aliphatic hydroxyl groups excluding tert-OH is 8. The first-order chi connectivity index (χ1) is 41.5. The van der Waals surface area contributed by atoms with Gasteiger partial charge in [-0.25, -0.2) is 8.42 Å². The van der Waals surface area contributed by atoms with E-state index in [1.807, 2.05) is 10.6 Å². The molecule has 7 rings (SSSR count). The Bertz CT molecular complexity index is 3310. The summed E-state index contributed by atoms with van der Waals surface area (Å²) in [6.45, 7) is 2.39. The van der Waals surface area contributed by atoms with Gasteiger partial charge in [0.2, 0.25) is 41.4 Å². The average molecular weight is 1280 g/mol. The van der Waals surface area contributed by atoms with E-state index in [0.29, 0.717) is 56.9 Å². The SMILES string of the molecule is CCCCCOc1ccc(-c2cc(-c3ccc(C(=O)N[C@H]4C[C@@H](O)[C@@H](O)NC(=O)[C@@H]5[C@@H](O)CCN5C(=O)[C@H](C(O)CC(N)=O)NC(=O)[C@H](C(O)C(O)c5ccc(O)c(OS(=O)(=O)[O-])c5)NC(=O)[C@@H]5C[C@@H](O)CN5C(=O)[C@H](C(C)O)NC4=O)cc3)no2)cc1.[Na+]. The molecule has 0 aliphatic carbocycles. The van der Waals surface area contributed by atoms with Crippen LogP contribution >= 0.6 is 0 Å². The molecular weight excluding hydrogens is 1210 g/mol. The van der Waals surface area contributed by atoms with Crippen LogP contribution in [-0.4, -0.2) is 220 Å². The van der Waals surface area contributed by atoms with Crippen molar-refractivity contribution < 1.29 is 140 Å². The van der Waals surface area contributed by atoms with Crippen LogP contribution in [0.15, 0.2) is 77.3 Å². The minimum absolute atomic E-state index is 0. The Hall–Kier alpha value is -7.38. The third-order valence-electron chi connectivity index (χ3n) is 14.8. The first kappa shape index (κ1) is 70.7. The Kier molecular flexibility index (Phi) is 24.5. The van der Waals surface area contributed by atoms with Gasteiger partial charge in [0.1, 0.15) is 66.0 Å². The predicted molar refractivity (Wildman–Crippen MR) is 297 cm³/mol. The van der Waals surface area contributed by atoms with Crippen LogP contribution in [0.4, 0.5) is 0 Å². The van der Waals surface area contributed by atoms with Gasteiger partial charge in [-0.3, -0.25) is 38.4 Å². The zero-order valence-corrected chi connectivity index (χ0v) is 51.0. The minimum atomic E-state index is -5.60.